The van der Waals surface area contributed by atoms with Crippen molar-refractivity contribution in [1.82, 2.24) is 0 Å². The second-order valence-corrected chi connectivity index (χ2v) is 4.40. The SMILES string of the molecule is CCOC(=O)/C(C)=C\C=C(/C)CCC=C(C)C. The summed E-state index contributed by atoms with van der Waals surface area (Å²) in [6.07, 6.45) is 8.12. The van der Waals surface area contributed by atoms with Crippen LogP contribution in [-0.2, 0) is 9.53 Å². The number of carbonyl (C=O) groups is 1. The van der Waals surface area contributed by atoms with Crippen LogP contribution in [0.2, 0.25) is 0 Å². The number of hydrogen-bond acceptors (Lipinski definition) is 2. The van der Waals surface area contributed by atoms with Gasteiger partial charge in [0.1, 0.15) is 0 Å². The Morgan fingerprint density at radius 3 is 2.29 bits per heavy atom. The Kier molecular flexibility index (Phi) is 8.12. The van der Waals surface area contributed by atoms with E-state index < -0.39 is 0 Å². The van der Waals surface area contributed by atoms with Crippen LogP contribution in [0.25, 0.3) is 0 Å². The van der Waals surface area contributed by atoms with Crippen LogP contribution in [0.3, 0.4) is 0 Å². The molecule has 2 nitrogen and oxygen atoms in total. The Morgan fingerprint density at radius 2 is 1.76 bits per heavy atom. The van der Waals surface area contributed by atoms with Gasteiger partial charge < -0.3 is 4.74 Å². The summed E-state index contributed by atoms with van der Waals surface area (Å²) in [5.74, 6) is -0.235. The van der Waals surface area contributed by atoms with Crippen LogP contribution in [0.4, 0.5) is 0 Å². The zero-order valence-electron chi connectivity index (χ0n) is 11.7. The van der Waals surface area contributed by atoms with Gasteiger partial charge in [0.2, 0.25) is 0 Å². The smallest absolute Gasteiger partial charge is 0.333 e. The minimum absolute atomic E-state index is 0.235. The molecule has 0 aliphatic rings. The van der Waals surface area contributed by atoms with Gasteiger partial charge in [-0.3, -0.25) is 0 Å². The molecule has 17 heavy (non-hydrogen) atoms. The molecule has 0 spiro atoms. The summed E-state index contributed by atoms with van der Waals surface area (Å²) in [7, 11) is 0. The van der Waals surface area contributed by atoms with E-state index in [1.165, 1.54) is 11.1 Å². The van der Waals surface area contributed by atoms with Crippen LogP contribution >= 0.6 is 0 Å². The molecule has 0 saturated carbocycles. The van der Waals surface area contributed by atoms with Crippen LogP contribution in [0.5, 0.6) is 0 Å². The van der Waals surface area contributed by atoms with Crippen LogP contribution in [0.15, 0.2) is 34.9 Å². The van der Waals surface area contributed by atoms with E-state index in [-0.39, 0.29) is 5.97 Å². The third kappa shape index (κ3) is 8.49. The van der Waals surface area contributed by atoms with Gasteiger partial charge in [-0.1, -0.05) is 29.4 Å². The fourth-order valence-corrected chi connectivity index (χ4v) is 1.25. The number of carbonyl (C=O) groups excluding carboxylic acids is 1. The Balaban J connectivity index is 4.25. The highest BCUT2D eigenvalue weighted by molar-refractivity contribution is 5.88. The standard InChI is InChI=1S/C15H24O2/c1-6-17-15(16)14(5)11-10-13(4)9-7-8-12(2)3/h8,10-11H,6-7,9H2,1-5H3/b13-10+,14-11-. The molecule has 0 unspecified atom stereocenters. The predicted octanol–water partition coefficient (Wildman–Crippen LogP) is 4.19. The molecule has 2 heteroatoms. The van der Waals surface area contributed by atoms with E-state index in [9.17, 15) is 4.79 Å². The lowest BCUT2D eigenvalue weighted by Gasteiger charge is -2.00. The van der Waals surface area contributed by atoms with Crippen molar-refractivity contribution in [2.45, 2.75) is 47.5 Å². The van der Waals surface area contributed by atoms with E-state index >= 15 is 0 Å². The molecule has 96 valence electrons. The van der Waals surface area contributed by atoms with Crippen molar-refractivity contribution in [3.8, 4) is 0 Å². The molecule has 0 amide bonds. The highest BCUT2D eigenvalue weighted by Crippen LogP contribution is 2.08. The molecule has 0 aromatic heterocycles. The van der Waals surface area contributed by atoms with E-state index in [1.807, 2.05) is 19.1 Å². The van der Waals surface area contributed by atoms with Gasteiger partial charge in [0.25, 0.3) is 0 Å². The number of allylic oxidation sites excluding steroid dienone is 5. The van der Waals surface area contributed by atoms with Crippen LogP contribution < -0.4 is 0 Å². The second kappa shape index (κ2) is 8.80. The summed E-state index contributed by atoms with van der Waals surface area (Å²) in [5.41, 5.74) is 3.26. The normalized spacial score (nSPS) is 12.3. The van der Waals surface area contributed by atoms with Gasteiger partial charge in [0.15, 0.2) is 0 Å². The van der Waals surface area contributed by atoms with Crippen molar-refractivity contribution in [1.29, 1.82) is 0 Å². The first-order valence-electron chi connectivity index (χ1n) is 6.12. The molecular weight excluding hydrogens is 212 g/mol. The summed E-state index contributed by atoms with van der Waals surface area (Å²) >= 11 is 0. The molecule has 0 heterocycles. The van der Waals surface area contributed by atoms with Crippen LogP contribution in [-0.4, -0.2) is 12.6 Å². The van der Waals surface area contributed by atoms with Gasteiger partial charge in [-0.25, -0.2) is 4.79 Å². The second-order valence-electron chi connectivity index (χ2n) is 4.40. The quantitative estimate of drug-likeness (QED) is 0.299. The minimum Gasteiger partial charge on any atom is -0.463 e. The van der Waals surface area contributed by atoms with Crippen molar-refractivity contribution in [2.75, 3.05) is 6.61 Å². The third-order valence-corrected chi connectivity index (χ3v) is 2.31. The fourth-order valence-electron chi connectivity index (χ4n) is 1.25. The summed E-state index contributed by atoms with van der Waals surface area (Å²) in [6.45, 7) is 10.3. The molecule has 0 aliphatic heterocycles. The van der Waals surface area contributed by atoms with E-state index in [1.54, 1.807) is 6.92 Å². The maximum atomic E-state index is 11.3. The van der Waals surface area contributed by atoms with Gasteiger partial charge in [0.05, 0.1) is 6.61 Å². The first kappa shape index (κ1) is 15.7. The molecule has 0 rings (SSSR count). The van der Waals surface area contributed by atoms with Crippen molar-refractivity contribution in [2.24, 2.45) is 0 Å². The summed E-state index contributed by atoms with van der Waals surface area (Å²) < 4.78 is 4.90. The molecule has 0 atom stereocenters. The van der Waals surface area contributed by atoms with Crippen molar-refractivity contribution < 1.29 is 9.53 Å². The third-order valence-electron chi connectivity index (χ3n) is 2.31. The molecule has 0 bridgehead atoms. The van der Waals surface area contributed by atoms with Crippen LogP contribution in [0, 0.1) is 0 Å². The molecular formula is C15H24O2. The zero-order valence-corrected chi connectivity index (χ0v) is 11.7. The van der Waals surface area contributed by atoms with E-state index in [0.717, 1.165) is 12.8 Å². The van der Waals surface area contributed by atoms with Gasteiger partial charge in [-0.05, 0) is 47.5 Å². The molecule has 0 aliphatic carbocycles. The Morgan fingerprint density at radius 1 is 1.12 bits per heavy atom. The number of rotatable bonds is 6. The van der Waals surface area contributed by atoms with Crippen LogP contribution in [0.1, 0.15) is 47.5 Å². The molecule has 0 radical (unpaired) electrons. The number of hydrogen-bond donors (Lipinski definition) is 0. The lowest BCUT2D eigenvalue weighted by atomic mass is 10.1. The molecule has 0 N–H and O–H groups in total. The van der Waals surface area contributed by atoms with E-state index in [0.29, 0.717) is 12.2 Å². The largest absolute Gasteiger partial charge is 0.463 e. The lowest BCUT2D eigenvalue weighted by molar-refractivity contribution is -0.138. The monoisotopic (exact) mass is 236 g/mol. The van der Waals surface area contributed by atoms with Gasteiger partial charge in [0, 0.05) is 5.57 Å². The summed E-state index contributed by atoms with van der Waals surface area (Å²) in [5, 5.41) is 0. The topological polar surface area (TPSA) is 26.3 Å². The van der Waals surface area contributed by atoms with Gasteiger partial charge >= 0.3 is 5.97 Å². The first-order valence-corrected chi connectivity index (χ1v) is 6.12. The Bertz CT molecular complexity index is 329. The van der Waals surface area contributed by atoms with E-state index in [2.05, 4.69) is 26.8 Å². The van der Waals surface area contributed by atoms with Crippen molar-refractivity contribution >= 4 is 5.97 Å². The molecule has 0 aromatic carbocycles. The van der Waals surface area contributed by atoms with Gasteiger partial charge in [-0.2, -0.15) is 0 Å². The Hall–Kier alpha value is -1.31. The lowest BCUT2D eigenvalue weighted by Crippen LogP contribution is -2.04. The average Bonchev–Trinajstić information content (AvgIpc) is 2.25. The highest BCUT2D eigenvalue weighted by atomic mass is 16.5. The minimum atomic E-state index is -0.235. The Labute approximate surface area is 105 Å². The van der Waals surface area contributed by atoms with E-state index in [4.69, 9.17) is 4.74 Å². The fraction of sp³-hybridized carbons (Fsp3) is 0.533. The zero-order chi connectivity index (χ0) is 13.3. The predicted molar refractivity (Wildman–Crippen MR) is 72.8 cm³/mol. The van der Waals surface area contributed by atoms with Crippen molar-refractivity contribution in [3.05, 3.63) is 34.9 Å². The molecule has 0 saturated heterocycles. The maximum absolute atomic E-state index is 11.3. The first-order chi connectivity index (χ1) is 7.97. The molecule has 0 fully saturated rings. The number of ether oxygens (including phenoxy) is 1. The average molecular weight is 236 g/mol. The molecule has 0 aromatic rings. The number of esters is 1. The maximum Gasteiger partial charge on any atom is 0.333 e. The van der Waals surface area contributed by atoms with Crippen molar-refractivity contribution in [3.63, 3.8) is 0 Å². The summed E-state index contributed by atoms with van der Waals surface area (Å²) in [6, 6.07) is 0. The summed E-state index contributed by atoms with van der Waals surface area (Å²) in [4.78, 5) is 11.3. The highest BCUT2D eigenvalue weighted by Gasteiger charge is 2.02. The van der Waals surface area contributed by atoms with Gasteiger partial charge in [-0.15, -0.1) is 0 Å².